The van der Waals surface area contributed by atoms with E-state index in [0.717, 1.165) is 12.5 Å². The number of hydrogen-bond donors (Lipinski definition) is 2. The number of nitrogens with one attached hydrogen (secondary N) is 2. The molecule has 2 N–H and O–H groups in total. The first-order valence-corrected chi connectivity index (χ1v) is 9.23. The van der Waals surface area contributed by atoms with E-state index in [4.69, 9.17) is 9.73 Å². The van der Waals surface area contributed by atoms with E-state index in [-0.39, 0.29) is 5.54 Å². The standard InChI is InChI=1S/C22H31N3O/c1-5-23-21(25-22(2,3)4)24-15-19-13-9-10-14-20(19)17-26-16-18-11-7-6-8-12-18/h6-14H,5,15-17H2,1-4H3,(H2,23,24,25). The molecule has 0 unspecified atom stereocenters. The first kappa shape index (κ1) is 20.0. The molecule has 0 amide bonds. The Hall–Kier alpha value is -2.33. The minimum atomic E-state index is -0.0285. The highest BCUT2D eigenvalue weighted by atomic mass is 16.5. The third kappa shape index (κ3) is 7.28. The molecule has 0 saturated heterocycles. The van der Waals surface area contributed by atoms with Gasteiger partial charge in [0, 0.05) is 12.1 Å². The molecular weight excluding hydrogens is 322 g/mol. The fraction of sp³-hybridized carbons (Fsp3) is 0.409. The fourth-order valence-electron chi connectivity index (χ4n) is 2.53. The van der Waals surface area contributed by atoms with E-state index in [0.29, 0.717) is 19.8 Å². The van der Waals surface area contributed by atoms with Gasteiger partial charge in [-0.15, -0.1) is 0 Å². The summed E-state index contributed by atoms with van der Waals surface area (Å²) in [4.78, 5) is 4.73. The van der Waals surface area contributed by atoms with Crippen molar-refractivity contribution in [3.8, 4) is 0 Å². The van der Waals surface area contributed by atoms with Gasteiger partial charge in [-0.05, 0) is 44.4 Å². The van der Waals surface area contributed by atoms with Crippen LogP contribution in [0.5, 0.6) is 0 Å². The molecule has 26 heavy (non-hydrogen) atoms. The van der Waals surface area contributed by atoms with Crippen molar-refractivity contribution in [2.45, 2.75) is 53.0 Å². The van der Waals surface area contributed by atoms with Crippen LogP contribution in [0.25, 0.3) is 0 Å². The quantitative estimate of drug-likeness (QED) is 0.577. The van der Waals surface area contributed by atoms with E-state index >= 15 is 0 Å². The van der Waals surface area contributed by atoms with Crippen LogP contribution in [0.4, 0.5) is 0 Å². The van der Waals surface area contributed by atoms with Crippen molar-refractivity contribution in [1.82, 2.24) is 10.6 Å². The van der Waals surface area contributed by atoms with Crippen LogP contribution >= 0.6 is 0 Å². The summed E-state index contributed by atoms with van der Waals surface area (Å²) in [5, 5.41) is 6.72. The zero-order valence-electron chi connectivity index (χ0n) is 16.4. The highest BCUT2D eigenvalue weighted by molar-refractivity contribution is 5.80. The minimum absolute atomic E-state index is 0.0285. The summed E-state index contributed by atoms with van der Waals surface area (Å²) >= 11 is 0. The molecule has 4 heteroatoms. The summed E-state index contributed by atoms with van der Waals surface area (Å²) < 4.78 is 5.90. The molecule has 2 rings (SSSR count). The maximum Gasteiger partial charge on any atom is 0.191 e. The predicted octanol–water partition coefficient (Wildman–Crippen LogP) is 4.26. The summed E-state index contributed by atoms with van der Waals surface area (Å²) in [6, 6.07) is 18.6. The SMILES string of the molecule is CCNC(=NCc1ccccc1COCc1ccccc1)NC(C)(C)C. The maximum absolute atomic E-state index is 5.90. The molecule has 0 bridgehead atoms. The molecule has 0 atom stereocenters. The van der Waals surface area contributed by atoms with Gasteiger partial charge in [-0.1, -0.05) is 54.6 Å². The van der Waals surface area contributed by atoms with Gasteiger partial charge in [-0.2, -0.15) is 0 Å². The lowest BCUT2D eigenvalue weighted by molar-refractivity contribution is 0.106. The Morgan fingerprint density at radius 3 is 2.23 bits per heavy atom. The third-order valence-electron chi connectivity index (χ3n) is 3.73. The molecule has 2 aromatic rings. The lowest BCUT2D eigenvalue weighted by atomic mass is 10.1. The number of rotatable bonds is 7. The van der Waals surface area contributed by atoms with Gasteiger partial charge in [0.2, 0.25) is 0 Å². The second-order valence-corrected chi connectivity index (χ2v) is 7.32. The van der Waals surface area contributed by atoms with Crippen molar-refractivity contribution in [3.63, 3.8) is 0 Å². The minimum Gasteiger partial charge on any atom is -0.372 e. The molecular formula is C22H31N3O. The second kappa shape index (κ2) is 9.97. The van der Waals surface area contributed by atoms with E-state index in [1.54, 1.807) is 0 Å². The summed E-state index contributed by atoms with van der Waals surface area (Å²) in [5.41, 5.74) is 3.52. The van der Waals surface area contributed by atoms with Crippen molar-refractivity contribution in [2.24, 2.45) is 4.99 Å². The van der Waals surface area contributed by atoms with Crippen LogP contribution in [0.1, 0.15) is 44.4 Å². The lowest BCUT2D eigenvalue weighted by Gasteiger charge is -2.23. The summed E-state index contributed by atoms with van der Waals surface area (Å²) in [7, 11) is 0. The van der Waals surface area contributed by atoms with E-state index in [1.165, 1.54) is 16.7 Å². The Bertz CT molecular complexity index is 690. The van der Waals surface area contributed by atoms with Crippen LogP contribution in [-0.4, -0.2) is 18.0 Å². The van der Waals surface area contributed by atoms with E-state index < -0.39 is 0 Å². The molecule has 0 heterocycles. The van der Waals surface area contributed by atoms with Crippen molar-refractivity contribution < 1.29 is 4.74 Å². The van der Waals surface area contributed by atoms with Crippen LogP contribution in [0.3, 0.4) is 0 Å². The Kier molecular flexibility index (Phi) is 7.67. The smallest absolute Gasteiger partial charge is 0.191 e. The number of aliphatic imine (C=N–C) groups is 1. The zero-order valence-corrected chi connectivity index (χ0v) is 16.4. The molecule has 0 spiro atoms. The van der Waals surface area contributed by atoms with Crippen molar-refractivity contribution in [2.75, 3.05) is 6.54 Å². The van der Waals surface area contributed by atoms with Crippen LogP contribution < -0.4 is 10.6 Å². The topological polar surface area (TPSA) is 45.7 Å². The number of hydrogen-bond acceptors (Lipinski definition) is 2. The maximum atomic E-state index is 5.90. The number of benzene rings is 2. The normalized spacial score (nSPS) is 12.1. The van der Waals surface area contributed by atoms with Crippen LogP contribution in [0, 0.1) is 0 Å². The van der Waals surface area contributed by atoms with Gasteiger partial charge in [0.15, 0.2) is 5.96 Å². The average Bonchev–Trinajstić information content (AvgIpc) is 2.60. The molecule has 2 aromatic carbocycles. The highest BCUT2D eigenvalue weighted by Crippen LogP contribution is 2.13. The summed E-state index contributed by atoms with van der Waals surface area (Å²) in [6.45, 7) is 11.1. The summed E-state index contributed by atoms with van der Waals surface area (Å²) in [5.74, 6) is 0.833. The van der Waals surface area contributed by atoms with E-state index in [2.05, 4.69) is 68.7 Å². The average molecular weight is 354 g/mol. The molecule has 0 saturated carbocycles. The fourth-order valence-corrected chi connectivity index (χ4v) is 2.53. The van der Waals surface area contributed by atoms with Gasteiger partial charge in [0.25, 0.3) is 0 Å². The van der Waals surface area contributed by atoms with Gasteiger partial charge < -0.3 is 15.4 Å². The molecule has 0 fully saturated rings. The Labute approximate surface area is 157 Å². The third-order valence-corrected chi connectivity index (χ3v) is 3.73. The Morgan fingerprint density at radius 1 is 0.923 bits per heavy atom. The Balaban J connectivity index is 1.99. The van der Waals surface area contributed by atoms with Gasteiger partial charge in [0.05, 0.1) is 19.8 Å². The lowest BCUT2D eigenvalue weighted by Crippen LogP contribution is -2.47. The number of ether oxygens (including phenoxy) is 1. The molecule has 140 valence electrons. The molecule has 0 aromatic heterocycles. The van der Waals surface area contributed by atoms with Crippen LogP contribution in [0.15, 0.2) is 59.6 Å². The van der Waals surface area contributed by atoms with Gasteiger partial charge in [-0.3, -0.25) is 0 Å². The van der Waals surface area contributed by atoms with Crippen molar-refractivity contribution >= 4 is 5.96 Å². The van der Waals surface area contributed by atoms with Crippen molar-refractivity contribution in [3.05, 3.63) is 71.3 Å². The molecule has 4 nitrogen and oxygen atoms in total. The van der Waals surface area contributed by atoms with Gasteiger partial charge in [0.1, 0.15) is 0 Å². The number of nitrogens with zero attached hydrogens (tertiary/aromatic N) is 1. The largest absolute Gasteiger partial charge is 0.372 e. The van der Waals surface area contributed by atoms with E-state index in [1.807, 2.05) is 24.3 Å². The van der Waals surface area contributed by atoms with E-state index in [9.17, 15) is 0 Å². The highest BCUT2D eigenvalue weighted by Gasteiger charge is 2.11. The molecule has 0 aliphatic heterocycles. The van der Waals surface area contributed by atoms with Crippen LogP contribution in [-0.2, 0) is 24.5 Å². The van der Waals surface area contributed by atoms with Gasteiger partial charge in [-0.25, -0.2) is 4.99 Å². The van der Waals surface area contributed by atoms with Crippen molar-refractivity contribution in [1.29, 1.82) is 0 Å². The first-order chi connectivity index (χ1) is 12.5. The van der Waals surface area contributed by atoms with Gasteiger partial charge >= 0.3 is 0 Å². The molecule has 0 radical (unpaired) electrons. The monoisotopic (exact) mass is 353 g/mol. The molecule has 0 aliphatic rings. The number of guanidine groups is 1. The first-order valence-electron chi connectivity index (χ1n) is 9.23. The summed E-state index contributed by atoms with van der Waals surface area (Å²) in [6.07, 6.45) is 0. The Morgan fingerprint density at radius 2 is 1.58 bits per heavy atom. The zero-order chi connectivity index (χ0) is 18.8. The molecule has 0 aliphatic carbocycles. The van der Waals surface area contributed by atoms with Crippen LogP contribution in [0.2, 0.25) is 0 Å². The second-order valence-electron chi connectivity index (χ2n) is 7.32. The predicted molar refractivity (Wildman–Crippen MR) is 109 cm³/mol.